The van der Waals surface area contributed by atoms with Crippen molar-refractivity contribution in [3.63, 3.8) is 0 Å². The van der Waals surface area contributed by atoms with Crippen LogP contribution < -0.4 is 5.32 Å². The molecular formula is C19H21N5O2. The van der Waals surface area contributed by atoms with Gasteiger partial charge in [-0.1, -0.05) is 18.2 Å². The number of hydrogen-bond donors (Lipinski definition) is 3. The topological polar surface area (TPSA) is 94.1 Å². The lowest BCUT2D eigenvalue weighted by Gasteiger charge is -2.37. The second-order valence-electron chi connectivity index (χ2n) is 6.81. The molecule has 7 heteroatoms. The molecule has 0 bridgehead atoms. The third-order valence-electron chi connectivity index (χ3n) is 4.98. The molecular weight excluding hydrogens is 330 g/mol. The highest BCUT2D eigenvalue weighted by Crippen LogP contribution is 2.32. The van der Waals surface area contributed by atoms with Gasteiger partial charge in [-0.15, -0.1) is 0 Å². The second kappa shape index (κ2) is 6.42. The molecule has 4 rings (SSSR count). The molecule has 0 aliphatic carbocycles. The van der Waals surface area contributed by atoms with Crippen LogP contribution >= 0.6 is 0 Å². The summed E-state index contributed by atoms with van der Waals surface area (Å²) in [4.78, 5) is 18.7. The van der Waals surface area contributed by atoms with Crippen LogP contribution in [0, 0.1) is 6.92 Å². The standard InChI is InChI=1S/C19H21N5O2/c1-13-5-6-16(20-11-13)19(26)7-9-24(10-8-19)18(25)22-15-4-2-3-14-12-21-23-17(14)15/h2-6,11-12,26H,7-10H2,1H3,(H,21,23)(H,22,25). The first-order valence-electron chi connectivity index (χ1n) is 8.69. The van der Waals surface area contributed by atoms with Crippen molar-refractivity contribution in [3.8, 4) is 0 Å². The van der Waals surface area contributed by atoms with E-state index in [0.29, 0.717) is 37.3 Å². The summed E-state index contributed by atoms with van der Waals surface area (Å²) in [5.41, 5.74) is 2.25. The number of urea groups is 1. The number of nitrogens with one attached hydrogen (secondary N) is 2. The molecule has 1 aliphatic heterocycles. The van der Waals surface area contributed by atoms with Gasteiger partial charge in [-0.05, 0) is 37.5 Å². The first-order chi connectivity index (χ1) is 12.5. The Labute approximate surface area is 151 Å². The van der Waals surface area contributed by atoms with E-state index < -0.39 is 5.60 Å². The van der Waals surface area contributed by atoms with E-state index in [4.69, 9.17) is 0 Å². The van der Waals surface area contributed by atoms with Gasteiger partial charge in [-0.3, -0.25) is 10.1 Å². The van der Waals surface area contributed by atoms with Gasteiger partial charge in [0.1, 0.15) is 5.60 Å². The van der Waals surface area contributed by atoms with Gasteiger partial charge in [0.25, 0.3) is 0 Å². The highest BCUT2D eigenvalue weighted by molar-refractivity contribution is 5.99. The number of anilines is 1. The molecule has 1 saturated heterocycles. The van der Waals surface area contributed by atoms with Gasteiger partial charge in [0, 0.05) is 24.7 Å². The van der Waals surface area contributed by atoms with Crippen LogP contribution in [0.2, 0.25) is 0 Å². The van der Waals surface area contributed by atoms with E-state index >= 15 is 0 Å². The number of aromatic amines is 1. The number of piperidine rings is 1. The number of H-pyrrole nitrogens is 1. The maximum Gasteiger partial charge on any atom is 0.321 e. The van der Waals surface area contributed by atoms with E-state index in [0.717, 1.165) is 16.5 Å². The molecule has 2 amide bonds. The highest BCUT2D eigenvalue weighted by Gasteiger charge is 2.36. The molecule has 1 aromatic carbocycles. The van der Waals surface area contributed by atoms with Crippen LogP contribution in [0.1, 0.15) is 24.1 Å². The number of carbonyl (C=O) groups excluding carboxylic acids is 1. The second-order valence-corrected chi connectivity index (χ2v) is 6.81. The van der Waals surface area contributed by atoms with E-state index in [-0.39, 0.29) is 6.03 Å². The van der Waals surface area contributed by atoms with Crippen LogP contribution in [0.15, 0.2) is 42.7 Å². The quantitative estimate of drug-likeness (QED) is 0.662. The average molecular weight is 351 g/mol. The first kappa shape index (κ1) is 16.5. The molecule has 0 spiro atoms. The fraction of sp³-hybridized carbons (Fsp3) is 0.316. The molecule has 2 aromatic heterocycles. The van der Waals surface area contributed by atoms with Gasteiger partial charge in [0.15, 0.2) is 0 Å². The van der Waals surface area contributed by atoms with Gasteiger partial charge < -0.3 is 15.3 Å². The van der Waals surface area contributed by atoms with E-state index in [2.05, 4.69) is 20.5 Å². The third-order valence-corrected chi connectivity index (χ3v) is 4.98. The molecule has 134 valence electrons. The summed E-state index contributed by atoms with van der Waals surface area (Å²) in [7, 11) is 0. The SMILES string of the molecule is Cc1ccc(C2(O)CCN(C(=O)Nc3cccc4cn[nH]c34)CC2)nc1. The number of aliphatic hydroxyl groups is 1. The molecule has 3 heterocycles. The molecule has 7 nitrogen and oxygen atoms in total. The lowest BCUT2D eigenvalue weighted by atomic mass is 9.87. The molecule has 0 unspecified atom stereocenters. The van der Waals surface area contributed by atoms with Crippen LogP contribution in [0.4, 0.5) is 10.5 Å². The van der Waals surface area contributed by atoms with E-state index in [1.807, 2.05) is 37.3 Å². The molecule has 0 saturated carbocycles. The van der Waals surface area contributed by atoms with Crippen molar-refractivity contribution in [2.45, 2.75) is 25.4 Å². The minimum atomic E-state index is -0.978. The number of amides is 2. The highest BCUT2D eigenvalue weighted by atomic mass is 16.3. The van der Waals surface area contributed by atoms with Crippen molar-refractivity contribution in [3.05, 3.63) is 54.0 Å². The van der Waals surface area contributed by atoms with Gasteiger partial charge in [-0.25, -0.2) is 4.79 Å². The van der Waals surface area contributed by atoms with Crippen LogP contribution in [0.3, 0.4) is 0 Å². The van der Waals surface area contributed by atoms with Crippen LogP contribution in [0.5, 0.6) is 0 Å². The van der Waals surface area contributed by atoms with Gasteiger partial charge >= 0.3 is 6.03 Å². The summed E-state index contributed by atoms with van der Waals surface area (Å²) >= 11 is 0. The largest absolute Gasteiger partial charge is 0.383 e. The number of likely N-dealkylation sites (tertiary alicyclic amines) is 1. The predicted molar refractivity (Wildman–Crippen MR) is 98.8 cm³/mol. The number of carbonyl (C=O) groups is 1. The van der Waals surface area contributed by atoms with Crippen molar-refractivity contribution >= 4 is 22.6 Å². The zero-order chi connectivity index (χ0) is 18.1. The summed E-state index contributed by atoms with van der Waals surface area (Å²) < 4.78 is 0. The number of hydrogen-bond acceptors (Lipinski definition) is 4. The number of nitrogens with zero attached hydrogens (tertiary/aromatic N) is 3. The smallest absolute Gasteiger partial charge is 0.321 e. The summed E-state index contributed by atoms with van der Waals surface area (Å²) in [5, 5.41) is 21.7. The molecule has 26 heavy (non-hydrogen) atoms. The number of aryl methyl sites for hydroxylation is 1. The summed E-state index contributed by atoms with van der Waals surface area (Å²) in [6.45, 7) is 2.90. The summed E-state index contributed by atoms with van der Waals surface area (Å²) in [6, 6.07) is 9.30. The Kier molecular flexibility index (Phi) is 4.08. The lowest BCUT2D eigenvalue weighted by molar-refractivity contribution is -0.0193. The Balaban J connectivity index is 1.43. The Morgan fingerprint density at radius 3 is 2.77 bits per heavy atom. The molecule has 0 atom stereocenters. The van der Waals surface area contributed by atoms with Crippen molar-refractivity contribution < 1.29 is 9.90 Å². The first-order valence-corrected chi connectivity index (χ1v) is 8.69. The minimum Gasteiger partial charge on any atom is -0.383 e. The Morgan fingerprint density at radius 1 is 1.23 bits per heavy atom. The van der Waals surface area contributed by atoms with Crippen LogP contribution in [-0.2, 0) is 5.60 Å². The van der Waals surface area contributed by atoms with E-state index in [1.165, 1.54) is 0 Å². The van der Waals surface area contributed by atoms with Crippen molar-refractivity contribution in [1.82, 2.24) is 20.1 Å². The molecule has 3 N–H and O–H groups in total. The molecule has 1 aliphatic rings. The fourth-order valence-electron chi connectivity index (χ4n) is 3.35. The zero-order valence-electron chi connectivity index (χ0n) is 14.6. The van der Waals surface area contributed by atoms with Gasteiger partial charge in [-0.2, -0.15) is 5.10 Å². The maximum absolute atomic E-state index is 12.6. The minimum absolute atomic E-state index is 0.175. The van der Waals surface area contributed by atoms with E-state index in [1.54, 1.807) is 17.3 Å². The fourth-order valence-corrected chi connectivity index (χ4v) is 3.35. The van der Waals surface area contributed by atoms with Crippen LogP contribution in [-0.4, -0.2) is 44.3 Å². The summed E-state index contributed by atoms with van der Waals surface area (Å²) in [5.74, 6) is 0. The van der Waals surface area contributed by atoms with Crippen molar-refractivity contribution in [2.75, 3.05) is 18.4 Å². The van der Waals surface area contributed by atoms with Gasteiger partial charge in [0.05, 0.1) is 23.1 Å². The number of para-hydroxylation sites is 1. The maximum atomic E-state index is 12.6. The number of fused-ring (bicyclic) bond motifs is 1. The molecule has 1 fully saturated rings. The summed E-state index contributed by atoms with van der Waals surface area (Å²) in [6.07, 6.45) is 4.41. The number of rotatable bonds is 2. The molecule has 0 radical (unpaired) electrons. The number of pyridine rings is 1. The lowest BCUT2D eigenvalue weighted by Crippen LogP contribution is -2.47. The van der Waals surface area contributed by atoms with Crippen molar-refractivity contribution in [2.24, 2.45) is 0 Å². The Morgan fingerprint density at radius 2 is 2.04 bits per heavy atom. The molecule has 3 aromatic rings. The average Bonchev–Trinajstić information content (AvgIpc) is 3.12. The normalized spacial score (nSPS) is 16.6. The number of benzene rings is 1. The van der Waals surface area contributed by atoms with E-state index in [9.17, 15) is 9.90 Å². The third kappa shape index (κ3) is 3.01. The van der Waals surface area contributed by atoms with Crippen molar-refractivity contribution in [1.29, 1.82) is 0 Å². The Hall–Kier alpha value is -2.93. The predicted octanol–water partition coefficient (Wildman–Crippen LogP) is 2.78. The monoisotopic (exact) mass is 351 g/mol. The Bertz CT molecular complexity index is 927. The van der Waals surface area contributed by atoms with Crippen LogP contribution in [0.25, 0.3) is 10.9 Å². The van der Waals surface area contributed by atoms with Gasteiger partial charge in [0.2, 0.25) is 0 Å². The zero-order valence-corrected chi connectivity index (χ0v) is 14.6. The number of aromatic nitrogens is 3.